The van der Waals surface area contributed by atoms with Crippen LogP contribution in [-0.2, 0) is 12.1 Å². The number of nitrogens with zero attached hydrogens (tertiary/aromatic N) is 2. The van der Waals surface area contributed by atoms with Gasteiger partial charge in [0.2, 0.25) is 5.88 Å². The lowest BCUT2D eigenvalue weighted by Gasteiger charge is -2.29. The number of aromatic nitrogens is 2. The largest absolute Gasteiger partial charge is 0.481 e. The van der Waals surface area contributed by atoms with Crippen LogP contribution in [0.4, 0.5) is 0 Å². The number of hydrogen-bond donors (Lipinski definition) is 1. The Hall–Kier alpha value is -2.59. The lowest BCUT2D eigenvalue weighted by atomic mass is 9.85. The van der Waals surface area contributed by atoms with E-state index >= 15 is 0 Å². The van der Waals surface area contributed by atoms with E-state index < -0.39 is 5.60 Å². The topological polar surface area (TPSA) is 47.3 Å². The minimum Gasteiger partial charge on any atom is -0.481 e. The molecular weight excluding hydrogens is 288 g/mol. The second kappa shape index (κ2) is 6.26. The van der Waals surface area contributed by atoms with Crippen LogP contribution in [0.3, 0.4) is 0 Å². The van der Waals surface area contributed by atoms with Crippen molar-refractivity contribution in [3.05, 3.63) is 83.8 Å². The van der Waals surface area contributed by atoms with E-state index in [4.69, 9.17) is 4.74 Å². The highest BCUT2D eigenvalue weighted by Gasteiger charge is 2.38. The number of rotatable bonds is 5. The van der Waals surface area contributed by atoms with E-state index in [0.717, 1.165) is 11.1 Å². The van der Waals surface area contributed by atoms with Crippen LogP contribution in [0.15, 0.2) is 66.9 Å². The molecule has 0 aliphatic rings. The van der Waals surface area contributed by atoms with Crippen molar-refractivity contribution >= 4 is 0 Å². The summed E-state index contributed by atoms with van der Waals surface area (Å²) in [5, 5.41) is 11.7. The molecule has 0 fully saturated rings. The summed E-state index contributed by atoms with van der Waals surface area (Å²) in [5.74, 6) is 1.18. The maximum atomic E-state index is 11.7. The van der Waals surface area contributed by atoms with Crippen molar-refractivity contribution in [3.8, 4) is 5.88 Å². The highest BCUT2D eigenvalue weighted by Crippen LogP contribution is 2.37. The van der Waals surface area contributed by atoms with E-state index in [2.05, 4.69) is 4.98 Å². The van der Waals surface area contributed by atoms with Gasteiger partial charge in [-0.05, 0) is 18.1 Å². The standard InChI is InChI=1S/C19H20N2O2/c1-3-21-17(23-2)14-20-18(21)19(22,15-10-6-4-7-11-15)16-12-8-5-9-13-16/h4-14,22H,3H2,1-2H3. The molecule has 3 rings (SSSR count). The van der Waals surface area contributed by atoms with Crippen LogP contribution in [0.2, 0.25) is 0 Å². The van der Waals surface area contributed by atoms with Gasteiger partial charge in [-0.1, -0.05) is 60.7 Å². The van der Waals surface area contributed by atoms with Crippen molar-refractivity contribution in [1.82, 2.24) is 9.55 Å². The fourth-order valence-corrected chi connectivity index (χ4v) is 2.90. The third-order valence-electron chi connectivity index (χ3n) is 4.05. The average molecular weight is 308 g/mol. The lowest BCUT2D eigenvalue weighted by molar-refractivity contribution is 0.110. The molecule has 3 aromatic rings. The zero-order valence-electron chi connectivity index (χ0n) is 13.3. The van der Waals surface area contributed by atoms with Gasteiger partial charge in [0, 0.05) is 6.54 Å². The van der Waals surface area contributed by atoms with Crippen LogP contribution in [0.25, 0.3) is 0 Å². The average Bonchev–Trinajstić information content (AvgIpc) is 3.06. The van der Waals surface area contributed by atoms with Gasteiger partial charge in [-0.15, -0.1) is 0 Å². The fourth-order valence-electron chi connectivity index (χ4n) is 2.90. The molecule has 0 aliphatic carbocycles. The van der Waals surface area contributed by atoms with Crippen LogP contribution in [-0.4, -0.2) is 21.8 Å². The summed E-state index contributed by atoms with van der Waals surface area (Å²) in [7, 11) is 1.61. The molecule has 0 bridgehead atoms. The Morgan fingerprint density at radius 2 is 1.52 bits per heavy atom. The summed E-state index contributed by atoms with van der Waals surface area (Å²) >= 11 is 0. The monoisotopic (exact) mass is 308 g/mol. The summed E-state index contributed by atoms with van der Waals surface area (Å²) < 4.78 is 7.26. The molecule has 4 nitrogen and oxygen atoms in total. The van der Waals surface area contributed by atoms with Crippen molar-refractivity contribution in [2.75, 3.05) is 7.11 Å². The van der Waals surface area contributed by atoms with Crippen molar-refractivity contribution in [1.29, 1.82) is 0 Å². The number of hydrogen-bond acceptors (Lipinski definition) is 3. The van der Waals surface area contributed by atoms with Crippen molar-refractivity contribution < 1.29 is 9.84 Å². The second-order valence-corrected chi connectivity index (χ2v) is 5.31. The first-order valence-electron chi connectivity index (χ1n) is 7.65. The zero-order valence-corrected chi connectivity index (χ0v) is 13.3. The van der Waals surface area contributed by atoms with E-state index in [1.54, 1.807) is 13.3 Å². The molecule has 0 radical (unpaired) electrons. The predicted octanol–water partition coefficient (Wildman–Crippen LogP) is 3.20. The molecule has 23 heavy (non-hydrogen) atoms. The van der Waals surface area contributed by atoms with Gasteiger partial charge >= 0.3 is 0 Å². The first-order valence-corrected chi connectivity index (χ1v) is 7.65. The molecule has 1 N–H and O–H groups in total. The first kappa shape index (κ1) is 15.3. The SMILES string of the molecule is CCn1c(OC)cnc1C(O)(c1ccccc1)c1ccccc1. The van der Waals surface area contributed by atoms with E-state index in [9.17, 15) is 5.11 Å². The van der Waals surface area contributed by atoms with Gasteiger partial charge < -0.3 is 9.84 Å². The summed E-state index contributed by atoms with van der Waals surface area (Å²) in [6, 6.07) is 19.2. The lowest BCUT2D eigenvalue weighted by Crippen LogP contribution is -2.32. The molecule has 2 aromatic carbocycles. The van der Waals surface area contributed by atoms with E-state index in [-0.39, 0.29) is 0 Å². The predicted molar refractivity (Wildman–Crippen MR) is 89.4 cm³/mol. The molecule has 1 aromatic heterocycles. The molecular formula is C19H20N2O2. The number of imidazole rings is 1. The number of benzene rings is 2. The smallest absolute Gasteiger partial charge is 0.213 e. The maximum absolute atomic E-state index is 11.7. The highest BCUT2D eigenvalue weighted by molar-refractivity contribution is 5.43. The van der Waals surface area contributed by atoms with Crippen molar-refractivity contribution in [2.24, 2.45) is 0 Å². The van der Waals surface area contributed by atoms with Crippen LogP contribution >= 0.6 is 0 Å². The summed E-state index contributed by atoms with van der Waals surface area (Å²) in [5.41, 5.74) is 0.207. The van der Waals surface area contributed by atoms with Gasteiger partial charge in [0.05, 0.1) is 13.3 Å². The maximum Gasteiger partial charge on any atom is 0.213 e. The van der Waals surface area contributed by atoms with Gasteiger partial charge in [-0.25, -0.2) is 4.98 Å². The Bertz CT molecular complexity index is 727. The summed E-state index contributed by atoms with van der Waals surface area (Å²) in [4.78, 5) is 4.47. The Labute approximate surface area is 136 Å². The molecule has 0 amide bonds. The summed E-state index contributed by atoms with van der Waals surface area (Å²) in [6.45, 7) is 2.66. The van der Waals surface area contributed by atoms with Crippen molar-refractivity contribution in [2.45, 2.75) is 19.1 Å². The Balaban J connectivity index is 2.28. The van der Waals surface area contributed by atoms with E-state index in [0.29, 0.717) is 18.2 Å². The van der Waals surface area contributed by atoms with Crippen LogP contribution < -0.4 is 4.74 Å². The van der Waals surface area contributed by atoms with Gasteiger partial charge in [-0.3, -0.25) is 4.57 Å². The van der Waals surface area contributed by atoms with Gasteiger partial charge in [0.15, 0.2) is 11.4 Å². The number of ether oxygens (including phenoxy) is 1. The Kier molecular flexibility index (Phi) is 4.17. The molecule has 0 saturated heterocycles. The fraction of sp³-hybridized carbons (Fsp3) is 0.211. The molecule has 0 saturated carbocycles. The molecule has 0 atom stereocenters. The van der Waals surface area contributed by atoms with E-state index in [1.807, 2.05) is 72.2 Å². The Morgan fingerprint density at radius 1 is 1.00 bits per heavy atom. The minimum absolute atomic E-state index is 0.550. The third-order valence-corrected chi connectivity index (χ3v) is 4.05. The van der Waals surface area contributed by atoms with Gasteiger partial charge in [-0.2, -0.15) is 0 Å². The second-order valence-electron chi connectivity index (χ2n) is 5.31. The van der Waals surface area contributed by atoms with Gasteiger partial charge in [0.1, 0.15) is 0 Å². The molecule has 0 aliphatic heterocycles. The normalized spacial score (nSPS) is 11.4. The third kappa shape index (κ3) is 2.51. The van der Waals surface area contributed by atoms with E-state index in [1.165, 1.54) is 0 Å². The molecule has 0 spiro atoms. The molecule has 118 valence electrons. The number of aliphatic hydroxyl groups is 1. The van der Waals surface area contributed by atoms with Crippen LogP contribution in [0.5, 0.6) is 5.88 Å². The first-order chi connectivity index (χ1) is 11.2. The minimum atomic E-state index is -1.34. The van der Waals surface area contributed by atoms with Crippen LogP contribution in [0.1, 0.15) is 23.9 Å². The zero-order chi connectivity index (χ0) is 16.3. The van der Waals surface area contributed by atoms with Crippen LogP contribution in [0, 0.1) is 0 Å². The highest BCUT2D eigenvalue weighted by atomic mass is 16.5. The summed E-state index contributed by atoms with van der Waals surface area (Å²) in [6.07, 6.45) is 1.65. The van der Waals surface area contributed by atoms with Gasteiger partial charge in [0.25, 0.3) is 0 Å². The molecule has 0 unspecified atom stereocenters. The number of methoxy groups -OCH3 is 1. The van der Waals surface area contributed by atoms with Crippen molar-refractivity contribution in [3.63, 3.8) is 0 Å². The Morgan fingerprint density at radius 3 is 1.96 bits per heavy atom. The molecule has 4 heteroatoms. The molecule has 1 heterocycles. The quantitative estimate of drug-likeness (QED) is 0.787.